The number of aliphatic hydroxyl groups excluding tert-OH is 1. The van der Waals surface area contributed by atoms with Gasteiger partial charge in [0, 0.05) is 11.6 Å². The van der Waals surface area contributed by atoms with E-state index in [1.165, 1.54) is 7.11 Å². The fourth-order valence-corrected chi connectivity index (χ4v) is 2.74. The molecule has 1 N–H and O–H groups in total. The van der Waals surface area contributed by atoms with Gasteiger partial charge in [0.15, 0.2) is 4.95 Å². The average molecular weight is 386 g/mol. The fourth-order valence-electron chi connectivity index (χ4n) is 2.10. The number of ether oxygens (including phenoxy) is 2. The number of esters is 1. The number of aliphatic hydroxyl groups is 1. The van der Waals surface area contributed by atoms with Gasteiger partial charge in [0.1, 0.15) is 5.70 Å². The van der Waals surface area contributed by atoms with Crippen molar-refractivity contribution in [2.75, 3.05) is 12.0 Å². The van der Waals surface area contributed by atoms with E-state index in [4.69, 9.17) is 9.47 Å². The van der Waals surface area contributed by atoms with Crippen molar-refractivity contribution >= 4 is 27.6 Å². The lowest BCUT2D eigenvalue weighted by Crippen LogP contribution is -2.39. The average Bonchev–Trinajstić information content (AvgIpc) is 2.50. The molecule has 5 nitrogen and oxygen atoms in total. The van der Waals surface area contributed by atoms with Crippen molar-refractivity contribution in [3.05, 3.63) is 42.0 Å². The summed E-state index contributed by atoms with van der Waals surface area (Å²) >= 11 is 3.36. The van der Waals surface area contributed by atoms with Crippen LogP contribution in [0.2, 0.25) is 0 Å². The first-order valence-electron chi connectivity index (χ1n) is 7.45. The molecule has 0 amide bonds. The van der Waals surface area contributed by atoms with Gasteiger partial charge in [0.2, 0.25) is 0 Å². The van der Waals surface area contributed by atoms with Crippen LogP contribution in [0.3, 0.4) is 0 Å². The summed E-state index contributed by atoms with van der Waals surface area (Å²) in [7, 11) is 1.32. The molecule has 0 fully saturated rings. The van der Waals surface area contributed by atoms with Crippen molar-refractivity contribution in [3.63, 3.8) is 0 Å². The van der Waals surface area contributed by atoms with Crippen LogP contribution in [0, 0.1) is 5.92 Å². The smallest absolute Gasteiger partial charge is 0.340 e. The maximum atomic E-state index is 12.0. The van der Waals surface area contributed by atoms with Gasteiger partial charge in [-0.05, 0) is 26.0 Å². The number of hydrogen-bond acceptors (Lipinski definition) is 5. The van der Waals surface area contributed by atoms with Gasteiger partial charge in [-0.2, -0.15) is 0 Å². The van der Waals surface area contributed by atoms with E-state index in [0.717, 1.165) is 5.69 Å². The van der Waals surface area contributed by atoms with E-state index < -0.39 is 10.9 Å². The molecule has 128 valence electrons. The van der Waals surface area contributed by atoms with E-state index in [0.29, 0.717) is 5.70 Å². The van der Waals surface area contributed by atoms with Gasteiger partial charge < -0.3 is 19.5 Å². The third kappa shape index (κ3) is 5.16. The van der Waals surface area contributed by atoms with Gasteiger partial charge in [0.25, 0.3) is 5.95 Å². The van der Waals surface area contributed by atoms with Gasteiger partial charge in [-0.3, -0.25) is 0 Å². The third-order valence-electron chi connectivity index (χ3n) is 3.03. The predicted octanol–water partition coefficient (Wildman–Crippen LogP) is 4.20. The Balaban J connectivity index is 3.43. The molecule has 1 aromatic carbocycles. The molecule has 0 bridgehead atoms. The van der Waals surface area contributed by atoms with E-state index in [2.05, 4.69) is 15.9 Å². The number of allylic oxidation sites excluding steroid dienone is 1. The Morgan fingerprint density at radius 3 is 2.17 bits per heavy atom. The summed E-state index contributed by atoms with van der Waals surface area (Å²) in [6.07, 6.45) is -0.187. The highest BCUT2D eigenvalue weighted by molar-refractivity contribution is 9.10. The van der Waals surface area contributed by atoms with Crippen molar-refractivity contribution in [1.29, 1.82) is 0 Å². The van der Waals surface area contributed by atoms with Crippen LogP contribution < -0.4 is 4.90 Å². The first-order valence-corrected chi connectivity index (χ1v) is 8.37. The maximum absolute atomic E-state index is 12.0. The summed E-state index contributed by atoms with van der Waals surface area (Å²) in [5, 5.41) is 10.4. The predicted molar refractivity (Wildman–Crippen MR) is 94.4 cm³/mol. The van der Waals surface area contributed by atoms with Crippen LogP contribution in [0.25, 0.3) is 0 Å². The number of anilines is 1. The van der Waals surface area contributed by atoms with Crippen molar-refractivity contribution in [1.82, 2.24) is 0 Å². The number of carbonyl (C=O) groups excluding carboxylic acids is 1. The van der Waals surface area contributed by atoms with Crippen molar-refractivity contribution in [2.24, 2.45) is 5.92 Å². The van der Waals surface area contributed by atoms with E-state index >= 15 is 0 Å². The maximum Gasteiger partial charge on any atom is 0.340 e. The first kappa shape index (κ1) is 19.4. The van der Waals surface area contributed by atoms with Crippen LogP contribution in [0.4, 0.5) is 5.69 Å². The molecule has 0 aliphatic carbocycles. The van der Waals surface area contributed by atoms with Crippen molar-refractivity contribution in [3.8, 4) is 0 Å². The number of alkyl halides is 1. The molecule has 1 atom stereocenters. The normalized spacial score (nSPS) is 13.6. The topological polar surface area (TPSA) is 59.0 Å². The molecule has 1 rings (SSSR count). The minimum atomic E-state index is -0.787. The van der Waals surface area contributed by atoms with Crippen LogP contribution in [0.5, 0.6) is 0 Å². The molecule has 0 radical (unpaired) electrons. The van der Waals surface area contributed by atoms with Gasteiger partial charge in [-0.25, -0.2) is 4.79 Å². The zero-order chi connectivity index (χ0) is 17.6. The second-order valence-corrected chi connectivity index (χ2v) is 6.44. The first-order chi connectivity index (χ1) is 10.8. The minimum Gasteiger partial charge on any atom is -0.480 e. The standard InChI is InChI=1S/C17H24BrNO4/c1-11(2)14(16(20)23-12(3)4)19(15(18)17(21)22-5)13-9-7-6-8-10-13/h6-12,15,20H,1-5H3/b16-14+. The molecular weight excluding hydrogens is 362 g/mol. The van der Waals surface area contributed by atoms with Gasteiger partial charge in [-0.15, -0.1) is 0 Å². The van der Waals surface area contributed by atoms with Crippen LogP contribution in [-0.2, 0) is 14.3 Å². The van der Waals surface area contributed by atoms with E-state index in [-0.39, 0.29) is 18.0 Å². The molecule has 1 aromatic rings. The van der Waals surface area contributed by atoms with Crippen LogP contribution in [0.1, 0.15) is 27.7 Å². The van der Waals surface area contributed by atoms with Crippen molar-refractivity contribution < 1.29 is 19.4 Å². The number of hydrogen-bond donors (Lipinski definition) is 1. The highest BCUT2D eigenvalue weighted by atomic mass is 79.9. The summed E-state index contributed by atoms with van der Waals surface area (Å²) in [5.41, 5.74) is 1.24. The lowest BCUT2D eigenvalue weighted by Gasteiger charge is -2.33. The lowest BCUT2D eigenvalue weighted by molar-refractivity contribution is -0.139. The molecule has 1 unspecified atom stereocenters. The molecule has 0 aliphatic rings. The fraction of sp³-hybridized carbons (Fsp3) is 0.471. The molecule has 0 heterocycles. The molecule has 0 saturated carbocycles. The summed E-state index contributed by atoms with van der Waals surface area (Å²) in [5.74, 6) is -0.754. The Bertz CT molecular complexity index is 543. The van der Waals surface area contributed by atoms with Crippen LogP contribution in [-0.4, -0.2) is 29.2 Å². The molecule has 23 heavy (non-hydrogen) atoms. The summed E-state index contributed by atoms with van der Waals surface area (Å²) in [4.78, 5) is 12.9. The highest BCUT2D eigenvalue weighted by Gasteiger charge is 2.31. The SMILES string of the molecule is COC(=O)C(Br)N(/C(=C(\O)OC(C)C)C(C)C)c1ccccc1. The number of benzene rings is 1. The minimum absolute atomic E-state index is 0.0846. The summed E-state index contributed by atoms with van der Waals surface area (Å²) < 4.78 is 10.3. The van der Waals surface area contributed by atoms with E-state index in [1.807, 2.05) is 58.0 Å². The number of halogens is 1. The number of para-hydroxylation sites is 1. The van der Waals surface area contributed by atoms with Gasteiger partial charge in [0.05, 0.1) is 13.2 Å². The van der Waals surface area contributed by atoms with Gasteiger partial charge >= 0.3 is 5.97 Å². The van der Waals surface area contributed by atoms with Crippen LogP contribution >= 0.6 is 15.9 Å². The highest BCUT2D eigenvalue weighted by Crippen LogP contribution is 2.31. The number of methoxy groups -OCH3 is 1. The Labute approximate surface area is 146 Å². The summed E-state index contributed by atoms with van der Waals surface area (Å²) in [6.45, 7) is 7.49. The second-order valence-electron chi connectivity index (χ2n) is 5.58. The van der Waals surface area contributed by atoms with E-state index in [9.17, 15) is 9.90 Å². The summed E-state index contributed by atoms with van der Waals surface area (Å²) in [6, 6.07) is 9.30. The lowest BCUT2D eigenvalue weighted by atomic mass is 10.1. The molecule has 6 heteroatoms. The molecule has 0 saturated heterocycles. The second kappa shape index (κ2) is 8.82. The number of rotatable bonds is 7. The Morgan fingerprint density at radius 2 is 1.74 bits per heavy atom. The van der Waals surface area contributed by atoms with Crippen molar-refractivity contribution in [2.45, 2.75) is 38.8 Å². The molecular formula is C17H24BrNO4. The molecule has 0 aliphatic heterocycles. The molecule has 0 spiro atoms. The quantitative estimate of drug-likeness (QED) is 0.330. The Hall–Kier alpha value is -1.69. The Morgan fingerprint density at radius 1 is 1.17 bits per heavy atom. The molecule has 0 aromatic heterocycles. The van der Waals surface area contributed by atoms with Gasteiger partial charge in [-0.1, -0.05) is 48.0 Å². The van der Waals surface area contributed by atoms with E-state index in [1.54, 1.807) is 4.90 Å². The zero-order valence-corrected chi connectivity index (χ0v) is 15.7. The third-order valence-corrected chi connectivity index (χ3v) is 3.81. The van der Waals surface area contributed by atoms with Crippen LogP contribution in [0.15, 0.2) is 42.0 Å². The Kier molecular flexibility index (Phi) is 7.42. The zero-order valence-electron chi connectivity index (χ0n) is 14.1. The monoisotopic (exact) mass is 385 g/mol. The number of carbonyl (C=O) groups is 1. The number of nitrogens with zero attached hydrogens (tertiary/aromatic N) is 1. The largest absolute Gasteiger partial charge is 0.480 e.